The Kier molecular flexibility index (Phi) is 5.41. The van der Waals surface area contributed by atoms with Gasteiger partial charge in [0.2, 0.25) is 0 Å². The molecule has 1 aliphatic heterocycles. The standard InChI is InChI=1S/C22H21N3O3/c26-22(27)19-4-2-1-3-18(19)17-7-5-16(6-8-17)13-25-11-12-28-21(14-25)20-9-10-23-15-24-20/h1-10,15,21H,11-14H2,(H,26,27)/t21-/m1/s1. The lowest BCUT2D eigenvalue weighted by Gasteiger charge is -2.32. The normalized spacial score (nSPS) is 17.4. The fourth-order valence-corrected chi connectivity index (χ4v) is 3.49. The number of morpholine rings is 1. The molecular weight excluding hydrogens is 354 g/mol. The number of nitrogens with zero attached hydrogens (tertiary/aromatic N) is 3. The molecule has 3 aromatic rings. The summed E-state index contributed by atoms with van der Waals surface area (Å²) in [7, 11) is 0. The van der Waals surface area contributed by atoms with Gasteiger partial charge in [0.05, 0.1) is 17.9 Å². The molecular formula is C22H21N3O3. The Morgan fingerprint density at radius 2 is 1.96 bits per heavy atom. The number of aromatic nitrogens is 2. The molecule has 6 nitrogen and oxygen atoms in total. The Morgan fingerprint density at radius 3 is 2.71 bits per heavy atom. The highest BCUT2D eigenvalue weighted by Crippen LogP contribution is 2.25. The second-order valence-corrected chi connectivity index (χ2v) is 6.78. The number of carboxylic acids is 1. The number of benzene rings is 2. The fraction of sp³-hybridized carbons (Fsp3) is 0.227. The van der Waals surface area contributed by atoms with Gasteiger partial charge < -0.3 is 9.84 Å². The summed E-state index contributed by atoms with van der Waals surface area (Å²) in [5, 5.41) is 9.39. The van der Waals surface area contributed by atoms with Gasteiger partial charge in [0.15, 0.2) is 0 Å². The third-order valence-electron chi connectivity index (χ3n) is 4.91. The van der Waals surface area contributed by atoms with Crippen LogP contribution in [0.2, 0.25) is 0 Å². The topological polar surface area (TPSA) is 75.5 Å². The number of hydrogen-bond donors (Lipinski definition) is 1. The van der Waals surface area contributed by atoms with Gasteiger partial charge in [-0.3, -0.25) is 4.90 Å². The lowest BCUT2D eigenvalue weighted by atomic mass is 9.98. The van der Waals surface area contributed by atoms with Crippen LogP contribution in [-0.4, -0.2) is 45.6 Å². The van der Waals surface area contributed by atoms with Crippen molar-refractivity contribution >= 4 is 5.97 Å². The summed E-state index contributed by atoms with van der Waals surface area (Å²) in [5.74, 6) is -0.913. The van der Waals surface area contributed by atoms with E-state index >= 15 is 0 Å². The molecule has 1 aromatic heterocycles. The van der Waals surface area contributed by atoms with Crippen molar-refractivity contribution in [2.75, 3.05) is 19.7 Å². The third-order valence-corrected chi connectivity index (χ3v) is 4.91. The maximum absolute atomic E-state index is 11.4. The Labute approximate surface area is 163 Å². The molecule has 28 heavy (non-hydrogen) atoms. The predicted molar refractivity (Wildman–Crippen MR) is 105 cm³/mol. The zero-order valence-electron chi connectivity index (χ0n) is 15.4. The van der Waals surface area contributed by atoms with Crippen molar-refractivity contribution < 1.29 is 14.6 Å². The summed E-state index contributed by atoms with van der Waals surface area (Å²) in [6.07, 6.45) is 3.24. The summed E-state index contributed by atoms with van der Waals surface area (Å²) in [6, 6.07) is 17.1. The minimum atomic E-state index is -0.913. The quantitative estimate of drug-likeness (QED) is 0.736. The van der Waals surface area contributed by atoms with E-state index in [1.165, 1.54) is 5.56 Å². The molecule has 2 heterocycles. The average Bonchev–Trinajstić information content (AvgIpc) is 2.75. The van der Waals surface area contributed by atoms with Gasteiger partial charge in [-0.25, -0.2) is 14.8 Å². The Hall–Kier alpha value is -3.09. The molecule has 1 aliphatic rings. The van der Waals surface area contributed by atoms with E-state index in [0.717, 1.165) is 36.5 Å². The summed E-state index contributed by atoms with van der Waals surface area (Å²) < 4.78 is 5.86. The molecule has 4 rings (SSSR count). The van der Waals surface area contributed by atoms with Gasteiger partial charge in [-0.05, 0) is 28.8 Å². The Balaban J connectivity index is 1.46. The maximum atomic E-state index is 11.4. The number of carbonyl (C=O) groups is 1. The minimum Gasteiger partial charge on any atom is -0.478 e. The van der Waals surface area contributed by atoms with Gasteiger partial charge in [-0.15, -0.1) is 0 Å². The van der Waals surface area contributed by atoms with E-state index in [0.29, 0.717) is 12.2 Å². The molecule has 0 bridgehead atoms. The Morgan fingerprint density at radius 1 is 1.14 bits per heavy atom. The van der Waals surface area contributed by atoms with Crippen LogP contribution in [0.1, 0.15) is 27.7 Å². The molecule has 1 saturated heterocycles. The van der Waals surface area contributed by atoms with E-state index in [-0.39, 0.29) is 6.10 Å². The molecule has 0 radical (unpaired) electrons. The van der Waals surface area contributed by atoms with Crippen molar-refractivity contribution in [1.82, 2.24) is 14.9 Å². The highest BCUT2D eigenvalue weighted by molar-refractivity contribution is 5.95. The first-order valence-corrected chi connectivity index (χ1v) is 9.22. The van der Waals surface area contributed by atoms with Gasteiger partial charge in [0.1, 0.15) is 12.4 Å². The molecule has 0 saturated carbocycles. The van der Waals surface area contributed by atoms with Crippen LogP contribution in [0.15, 0.2) is 67.1 Å². The summed E-state index contributed by atoms with van der Waals surface area (Å²) in [4.78, 5) is 22.0. The highest BCUT2D eigenvalue weighted by Gasteiger charge is 2.23. The van der Waals surface area contributed by atoms with Crippen LogP contribution in [0.5, 0.6) is 0 Å². The zero-order valence-corrected chi connectivity index (χ0v) is 15.4. The first-order chi connectivity index (χ1) is 13.7. The fourth-order valence-electron chi connectivity index (χ4n) is 3.49. The van der Waals surface area contributed by atoms with Gasteiger partial charge in [-0.1, -0.05) is 42.5 Å². The predicted octanol–water partition coefficient (Wildman–Crippen LogP) is 3.42. The van der Waals surface area contributed by atoms with Crippen LogP contribution in [0, 0.1) is 0 Å². The lowest BCUT2D eigenvalue weighted by Crippen LogP contribution is -2.38. The van der Waals surface area contributed by atoms with Crippen LogP contribution in [0.25, 0.3) is 11.1 Å². The van der Waals surface area contributed by atoms with Crippen LogP contribution in [0.3, 0.4) is 0 Å². The first kappa shape index (κ1) is 18.3. The van der Waals surface area contributed by atoms with Crippen molar-refractivity contribution in [2.24, 2.45) is 0 Å². The second kappa shape index (κ2) is 8.29. The van der Waals surface area contributed by atoms with Crippen LogP contribution in [-0.2, 0) is 11.3 Å². The van der Waals surface area contributed by atoms with E-state index in [1.807, 2.05) is 30.3 Å². The molecule has 0 amide bonds. The van der Waals surface area contributed by atoms with E-state index in [9.17, 15) is 9.90 Å². The summed E-state index contributed by atoms with van der Waals surface area (Å²) in [6.45, 7) is 3.12. The smallest absolute Gasteiger partial charge is 0.336 e. The van der Waals surface area contributed by atoms with Crippen molar-refractivity contribution in [3.05, 3.63) is 83.9 Å². The SMILES string of the molecule is O=C(O)c1ccccc1-c1ccc(CN2CCO[C@@H](c3ccncn3)C2)cc1. The molecule has 1 fully saturated rings. The van der Waals surface area contributed by atoms with Crippen LogP contribution >= 0.6 is 0 Å². The molecule has 1 atom stereocenters. The summed E-state index contributed by atoms with van der Waals surface area (Å²) >= 11 is 0. The number of hydrogen-bond acceptors (Lipinski definition) is 5. The molecule has 0 spiro atoms. The Bertz CT molecular complexity index is 945. The number of rotatable bonds is 5. The summed E-state index contributed by atoms with van der Waals surface area (Å²) in [5.41, 5.74) is 4.04. The molecule has 0 unspecified atom stereocenters. The van der Waals surface area contributed by atoms with E-state index in [1.54, 1.807) is 24.7 Å². The van der Waals surface area contributed by atoms with Crippen molar-refractivity contribution in [3.63, 3.8) is 0 Å². The van der Waals surface area contributed by atoms with E-state index in [4.69, 9.17) is 4.74 Å². The first-order valence-electron chi connectivity index (χ1n) is 9.22. The molecule has 1 N–H and O–H groups in total. The van der Waals surface area contributed by atoms with Gasteiger partial charge in [-0.2, -0.15) is 0 Å². The second-order valence-electron chi connectivity index (χ2n) is 6.78. The largest absolute Gasteiger partial charge is 0.478 e. The van der Waals surface area contributed by atoms with Crippen molar-refractivity contribution in [2.45, 2.75) is 12.6 Å². The van der Waals surface area contributed by atoms with Crippen LogP contribution < -0.4 is 0 Å². The maximum Gasteiger partial charge on any atom is 0.336 e. The third kappa shape index (κ3) is 4.08. The molecule has 6 heteroatoms. The molecule has 0 aliphatic carbocycles. The van der Waals surface area contributed by atoms with Crippen molar-refractivity contribution in [3.8, 4) is 11.1 Å². The van der Waals surface area contributed by atoms with Gasteiger partial charge in [0, 0.05) is 25.8 Å². The monoisotopic (exact) mass is 375 g/mol. The van der Waals surface area contributed by atoms with E-state index in [2.05, 4.69) is 27.0 Å². The average molecular weight is 375 g/mol. The minimum absolute atomic E-state index is 0.0431. The number of aromatic carboxylic acids is 1. The van der Waals surface area contributed by atoms with E-state index < -0.39 is 5.97 Å². The van der Waals surface area contributed by atoms with Gasteiger partial charge >= 0.3 is 5.97 Å². The lowest BCUT2D eigenvalue weighted by molar-refractivity contribution is -0.0350. The zero-order chi connectivity index (χ0) is 19.3. The van der Waals surface area contributed by atoms with Crippen molar-refractivity contribution in [1.29, 1.82) is 0 Å². The molecule has 142 valence electrons. The van der Waals surface area contributed by atoms with Gasteiger partial charge in [0.25, 0.3) is 0 Å². The number of ether oxygens (including phenoxy) is 1. The number of carboxylic acid groups (broad SMARTS) is 1. The van der Waals surface area contributed by atoms with Crippen LogP contribution in [0.4, 0.5) is 0 Å². The highest BCUT2D eigenvalue weighted by atomic mass is 16.5. The molecule has 2 aromatic carbocycles.